The summed E-state index contributed by atoms with van der Waals surface area (Å²) < 4.78 is 0. The summed E-state index contributed by atoms with van der Waals surface area (Å²) in [7, 11) is 0. The average Bonchev–Trinajstić information content (AvgIpc) is 2.74. The van der Waals surface area contributed by atoms with E-state index in [2.05, 4.69) is 10.3 Å². The van der Waals surface area contributed by atoms with Gasteiger partial charge < -0.3 is 10.4 Å². The van der Waals surface area contributed by atoms with Crippen molar-refractivity contribution in [3.8, 4) is 11.3 Å². The van der Waals surface area contributed by atoms with Gasteiger partial charge in [-0.3, -0.25) is 4.79 Å². The van der Waals surface area contributed by atoms with Crippen LogP contribution in [-0.2, 0) is 0 Å². The molecule has 6 heteroatoms. The van der Waals surface area contributed by atoms with E-state index in [9.17, 15) is 14.7 Å². The van der Waals surface area contributed by atoms with Gasteiger partial charge in [0.1, 0.15) is 0 Å². The van der Waals surface area contributed by atoms with Crippen LogP contribution in [0.4, 0.5) is 5.69 Å². The summed E-state index contributed by atoms with van der Waals surface area (Å²) in [6.07, 6.45) is 0. The number of carboxylic acids is 1. The minimum atomic E-state index is -1.17. The van der Waals surface area contributed by atoms with Gasteiger partial charge >= 0.3 is 5.97 Å². The smallest absolute Gasteiger partial charge is 0.337 e. The van der Waals surface area contributed by atoms with Crippen LogP contribution in [0.25, 0.3) is 22.2 Å². The van der Waals surface area contributed by atoms with E-state index >= 15 is 0 Å². The van der Waals surface area contributed by atoms with Crippen molar-refractivity contribution in [2.45, 2.75) is 0 Å². The predicted molar refractivity (Wildman–Crippen MR) is 114 cm³/mol. The van der Waals surface area contributed by atoms with Crippen LogP contribution in [-0.4, -0.2) is 22.0 Å². The largest absolute Gasteiger partial charge is 0.478 e. The second-order valence-corrected chi connectivity index (χ2v) is 6.82. The van der Waals surface area contributed by atoms with E-state index in [4.69, 9.17) is 11.6 Å². The van der Waals surface area contributed by atoms with Crippen LogP contribution in [0.3, 0.4) is 0 Å². The zero-order valence-corrected chi connectivity index (χ0v) is 15.9. The van der Waals surface area contributed by atoms with E-state index in [0.29, 0.717) is 22.2 Å². The summed E-state index contributed by atoms with van der Waals surface area (Å²) in [4.78, 5) is 29.3. The molecule has 0 bridgehead atoms. The van der Waals surface area contributed by atoms with Gasteiger partial charge in [-0.1, -0.05) is 60.1 Å². The molecule has 0 saturated carbocycles. The molecule has 0 radical (unpaired) electrons. The molecule has 0 fully saturated rings. The zero-order valence-electron chi connectivity index (χ0n) is 15.1. The molecule has 1 aromatic heterocycles. The van der Waals surface area contributed by atoms with E-state index in [1.54, 1.807) is 6.07 Å². The van der Waals surface area contributed by atoms with Crippen molar-refractivity contribution in [3.05, 3.63) is 95.0 Å². The lowest BCUT2D eigenvalue weighted by Gasteiger charge is -2.12. The Hall–Kier alpha value is -3.70. The molecule has 1 heterocycles. The predicted octanol–water partition coefficient (Wildman–Crippen LogP) is 5.51. The Morgan fingerprint density at radius 2 is 1.59 bits per heavy atom. The molecule has 0 saturated heterocycles. The first-order valence-corrected chi connectivity index (χ1v) is 9.20. The lowest BCUT2D eigenvalue weighted by atomic mass is 10.0. The van der Waals surface area contributed by atoms with Crippen molar-refractivity contribution in [1.82, 2.24) is 4.98 Å². The lowest BCUT2D eigenvalue weighted by Crippen LogP contribution is -2.15. The van der Waals surface area contributed by atoms with E-state index in [-0.39, 0.29) is 16.3 Å². The number of nitrogens with zero attached hydrogens (tertiary/aromatic N) is 1. The third kappa shape index (κ3) is 3.81. The van der Waals surface area contributed by atoms with Crippen LogP contribution < -0.4 is 5.32 Å². The Morgan fingerprint density at radius 1 is 0.862 bits per heavy atom. The number of aromatic nitrogens is 1. The number of halogens is 1. The number of rotatable bonds is 4. The SMILES string of the molecule is O=C(O)c1cc(Cl)ccc1NC(=O)c1cc(-c2ccccc2)nc2ccccc12. The van der Waals surface area contributed by atoms with Crippen LogP contribution in [0.5, 0.6) is 0 Å². The third-order valence-corrected chi connectivity index (χ3v) is 4.73. The first-order valence-electron chi connectivity index (χ1n) is 8.82. The number of carbonyl (C=O) groups is 2. The monoisotopic (exact) mass is 402 g/mol. The molecule has 0 spiro atoms. The average molecular weight is 403 g/mol. The number of fused-ring (bicyclic) bond motifs is 1. The van der Waals surface area contributed by atoms with Crippen LogP contribution in [0.2, 0.25) is 5.02 Å². The van der Waals surface area contributed by atoms with E-state index < -0.39 is 11.9 Å². The quantitative estimate of drug-likeness (QED) is 0.472. The Balaban J connectivity index is 1.81. The summed E-state index contributed by atoms with van der Waals surface area (Å²) in [5.41, 5.74) is 2.71. The van der Waals surface area contributed by atoms with Crippen LogP contribution in [0, 0.1) is 0 Å². The third-order valence-electron chi connectivity index (χ3n) is 4.49. The Morgan fingerprint density at radius 3 is 2.34 bits per heavy atom. The van der Waals surface area contributed by atoms with E-state index in [1.165, 1.54) is 18.2 Å². The van der Waals surface area contributed by atoms with Crippen molar-refractivity contribution in [3.63, 3.8) is 0 Å². The second-order valence-electron chi connectivity index (χ2n) is 6.39. The van der Waals surface area contributed by atoms with Crippen molar-refractivity contribution < 1.29 is 14.7 Å². The maximum absolute atomic E-state index is 13.1. The number of amides is 1. The van der Waals surface area contributed by atoms with Crippen LogP contribution in [0.1, 0.15) is 20.7 Å². The van der Waals surface area contributed by atoms with Gasteiger partial charge in [0.2, 0.25) is 0 Å². The van der Waals surface area contributed by atoms with Gasteiger partial charge in [-0.25, -0.2) is 9.78 Å². The molecule has 4 aromatic rings. The first-order chi connectivity index (χ1) is 14.0. The standard InChI is InChI=1S/C23H15ClN2O3/c24-15-10-11-20(18(12-15)23(28)29)26-22(27)17-13-21(14-6-2-1-3-7-14)25-19-9-5-4-8-16(17)19/h1-13H,(H,26,27)(H,28,29). The van der Waals surface area contributed by atoms with Crippen molar-refractivity contribution in [2.75, 3.05) is 5.32 Å². The molecular formula is C23H15ClN2O3. The number of anilines is 1. The molecule has 5 nitrogen and oxygen atoms in total. The highest BCUT2D eigenvalue weighted by atomic mass is 35.5. The number of carbonyl (C=O) groups excluding carboxylic acids is 1. The molecule has 1 amide bonds. The summed E-state index contributed by atoms with van der Waals surface area (Å²) in [6, 6.07) is 22.9. The maximum atomic E-state index is 13.1. The summed E-state index contributed by atoms with van der Waals surface area (Å²) in [5, 5.41) is 13.1. The number of benzene rings is 3. The number of aromatic carboxylic acids is 1. The molecule has 0 unspecified atom stereocenters. The molecule has 29 heavy (non-hydrogen) atoms. The molecule has 0 aliphatic rings. The maximum Gasteiger partial charge on any atom is 0.337 e. The summed E-state index contributed by atoms with van der Waals surface area (Å²) in [6.45, 7) is 0. The fourth-order valence-electron chi connectivity index (χ4n) is 3.11. The minimum absolute atomic E-state index is 0.0764. The van der Waals surface area contributed by atoms with Crippen molar-refractivity contribution in [1.29, 1.82) is 0 Å². The van der Waals surface area contributed by atoms with Gasteiger partial charge in [-0.2, -0.15) is 0 Å². The molecule has 0 atom stereocenters. The lowest BCUT2D eigenvalue weighted by molar-refractivity contribution is 0.0698. The summed E-state index contributed by atoms with van der Waals surface area (Å²) in [5.74, 6) is -1.60. The number of para-hydroxylation sites is 1. The van der Waals surface area contributed by atoms with Gasteiger partial charge in [-0.15, -0.1) is 0 Å². The normalized spacial score (nSPS) is 10.7. The molecule has 4 rings (SSSR count). The van der Waals surface area contributed by atoms with Gasteiger partial charge in [0.25, 0.3) is 5.91 Å². The highest BCUT2D eigenvalue weighted by molar-refractivity contribution is 6.31. The number of hydrogen-bond donors (Lipinski definition) is 2. The van der Waals surface area contributed by atoms with E-state index in [1.807, 2.05) is 54.6 Å². The first kappa shape index (κ1) is 18.7. The Bertz CT molecular complexity index is 1240. The van der Waals surface area contributed by atoms with Gasteiger partial charge in [0.15, 0.2) is 0 Å². The number of carboxylic acid groups (broad SMARTS) is 1. The summed E-state index contributed by atoms with van der Waals surface area (Å²) >= 11 is 5.90. The van der Waals surface area contributed by atoms with Gasteiger partial charge in [0.05, 0.1) is 28.0 Å². The molecule has 0 aliphatic carbocycles. The highest BCUT2D eigenvalue weighted by Gasteiger charge is 2.17. The Labute approximate surface area is 171 Å². The molecule has 3 aromatic carbocycles. The number of nitrogens with one attached hydrogen (secondary N) is 1. The molecular weight excluding hydrogens is 388 g/mol. The second kappa shape index (κ2) is 7.73. The molecule has 0 aliphatic heterocycles. The van der Waals surface area contributed by atoms with Crippen molar-refractivity contribution >= 4 is 40.1 Å². The number of pyridine rings is 1. The van der Waals surface area contributed by atoms with Gasteiger partial charge in [-0.05, 0) is 30.3 Å². The fraction of sp³-hybridized carbons (Fsp3) is 0. The van der Waals surface area contributed by atoms with Gasteiger partial charge in [0, 0.05) is 16.0 Å². The van der Waals surface area contributed by atoms with Crippen LogP contribution >= 0.6 is 11.6 Å². The Kier molecular flexibility index (Phi) is 4.97. The zero-order chi connectivity index (χ0) is 20.4. The fourth-order valence-corrected chi connectivity index (χ4v) is 3.28. The topological polar surface area (TPSA) is 79.3 Å². The van der Waals surface area contributed by atoms with Crippen LogP contribution in [0.15, 0.2) is 78.9 Å². The number of hydrogen-bond acceptors (Lipinski definition) is 3. The molecule has 142 valence electrons. The van der Waals surface area contributed by atoms with Crippen molar-refractivity contribution in [2.24, 2.45) is 0 Å². The minimum Gasteiger partial charge on any atom is -0.478 e. The van der Waals surface area contributed by atoms with E-state index in [0.717, 1.165) is 5.56 Å². The highest BCUT2D eigenvalue weighted by Crippen LogP contribution is 2.27. The molecule has 2 N–H and O–H groups in total.